The summed E-state index contributed by atoms with van der Waals surface area (Å²) in [4.78, 5) is 14.6. The lowest BCUT2D eigenvalue weighted by molar-refractivity contribution is 0.0687. The fourth-order valence-corrected chi connectivity index (χ4v) is 2.83. The third-order valence-electron chi connectivity index (χ3n) is 4.22. The van der Waals surface area contributed by atoms with Crippen molar-refractivity contribution >= 4 is 5.91 Å². The Kier molecular flexibility index (Phi) is 6.07. The summed E-state index contributed by atoms with van der Waals surface area (Å²) in [6, 6.07) is 5.34. The summed E-state index contributed by atoms with van der Waals surface area (Å²) >= 11 is 0. The van der Waals surface area contributed by atoms with Gasteiger partial charge >= 0.3 is 0 Å². The van der Waals surface area contributed by atoms with Crippen LogP contribution in [0.15, 0.2) is 18.2 Å². The highest BCUT2D eigenvalue weighted by atomic mass is 16.5. The Morgan fingerprint density at radius 2 is 2.00 bits per heavy atom. The van der Waals surface area contributed by atoms with Gasteiger partial charge in [0.2, 0.25) is 0 Å². The number of nitrogens with zero attached hydrogens (tertiary/aromatic N) is 1. The van der Waals surface area contributed by atoms with E-state index in [0.29, 0.717) is 23.0 Å². The summed E-state index contributed by atoms with van der Waals surface area (Å²) in [5.41, 5.74) is 0.605. The van der Waals surface area contributed by atoms with E-state index in [1.807, 2.05) is 4.90 Å². The van der Waals surface area contributed by atoms with Crippen molar-refractivity contribution in [3.63, 3.8) is 0 Å². The number of carbonyl (C=O) groups is 1. The second-order valence-corrected chi connectivity index (χ2v) is 5.61. The SMILES string of the molecule is CCNCC1CCN(C(=O)c2ccc(OC)cc2OC)CC1. The van der Waals surface area contributed by atoms with Crippen LogP contribution >= 0.6 is 0 Å². The lowest BCUT2D eigenvalue weighted by atomic mass is 9.96. The molecule has 0 radical (unpaired) electrons. The molecule has 1 aromatic rings. The van der Waals surface area contributed by atoms with Gasteiger partial charge in [0.15, 0.2) is 0 Å². The Morgan fingerprint density at radius 1 is 1.27 bits per heavy atom. The van der Waals surface area contributed by atoms with Crippen LogP contribution in [0.3, 0.4) is 0 Å². The molecule has 1 aliphatic rings. The molecular formula is C17H26N2O3. The van der Waals surface area contributed by atoms with Crippen molar-refractivity contribution in [2.24, 2.45) is 5.92 Å². The zero-order valence-electron chi connectivity index (χ0n) is 13.7. The van der Waals surface area contributed by atoms with Crippen LogP contribution in [0.1, 0.15) is 30.1 Å². The van der Waals surface area contributed by atoms with E-state index < -0.39 is 0 Å². The molecule has 0 aliphatic carbocycles. The van der Waals surface area contributed by atoms with E-state index in [9.17, 15) is 4.79 Å². The zero-order valence-corrected chi connectivity index (χ0v) is 13.7. The number of hydrogen-bond acceptors (Lipinski definition) is 4. The quantitative estimate of drug-likeness (QED) is 0.875. The average Bonchev–Trinajstić information content (AvgIpc) is 2.59. The molecule has 5 nitrogen and oxygen atoms in total. The van der Waals surface area contributed by atoms with Crippen molar-refractivity contribution in [1.82, 2.24) is 10.2 Å². The van der Waals surface area contributed by atoms with Crippen LogP contribution in [0.2, 0.25) is 0 Å². The average molecular weight is 306 g/mol. The molecule has 22 heavy (non-hydrogen) atoms. The minimum absolute atomic E-state index is 0.0430. The molecule has 0 unspecified atom stereocenters. The molecule has 0 spiro atoms. The maximum atomic E-state index is 12.7. The second kappa shape index (κ2) is 8.03. The van der Waals surface area contributed by atoms with Crippen molar-refractivity contribution in [2.45, 2.75) is 19.8 Å². The number of likely N-dealkylation sites (tertiary alicyclic amines) is 1. The number of hydrogen-bond donors (Lipinski definition) is 1. The molecule has 1 N–H and O–H groups in total. The number of piperidine rings is 1. The van der Waals surface area contributed by atoms with Gasteiger partial charge in [-0.15, -0.1) is 0 Å². The maximum absolute atomic E-state index is 12.7. The lowest BCUT2D eigenvalue weighted by Gasteiger charge is -2.32. The summed E-state index contributed by atoms with van der Waals surface area (Å²) in [5, 5.41) is 3.39. The summed E-state index contributed by atoms with van der Waals surface area (Å²) in [7, 11) is 3.18. The number of methoxy groups -OCH3 is 2. The molecule has 2 rings (SSSR count). The molecule has 122 valence electrons. The smallest absolute Gasteiger partial charge is 0.257 e. The first-order chi connectivity index (χ1) is 10.7. The molecule has 0 saturated carbocycles. The van der Waals surface area contributed by atoms with Gasteiger partial charge in [0.1, 0.15) is 11.5 Å². The van der Waals surface area contributed by atoms with Gasteiger partial charge in [0, 0.05) is 19.2 Å². The monoisotopic (exact) mass is 306 g/mol. The Morgan fingerprint density at radius 3 is 2.59 bits per heavy atom. The molecule has 1 saturated heterocycles. The van der Waals surface area contributed by atoms with Crippen molar-refractivity contribution < 1.29 is 14.3 Å². The van der Waals surface area contributed by atoms with E-state index >= 15 is 0 Å². The summed E-state index contributed by atoms with van der Waals surface area (Å²) in [5.74, 6) is 1.97. The molecule has 1 heterocycles. The summed E-state index contributed by atoms with van der Waals surface area (Å²) in [6.07, 6.45) is 2.11. The van der Waals surface area contributed by atoms with Gasteiger partial charge in [-0.05, 0) is 44.0 Å². The van der Waals surface area contributed by atoms with E-state index in [1.165, 1.54) is 0 Å². The highest BCUT2D eigenvalue weighted by Crippen LogP contribution is 2.27. The zero-order chi connectivity index (χ0) is 15.9. The highest BCUT2D eigenvalue weighted by Gasteiger charge is 2.25. The summed E-state index contributed by atoms with van der Waals surface area (Å²) in [6.45, 7) is 5.79. The number of carbonyl (C=O) groups excluding carboxylic acids is 1. The Labute approximate surface area is 132 Å². The van der Waals surface area contributed by atoms with Crippen molar-refractivity contribution in [2.75, 3.05) is 40.4 Å². The first-order valence-corrected chi connectivity index (χ1v) is 7.91. The third kappa shape index (κ3) is 3.91. The molecule has 0 atom stereocenters. The van der Waals surface area contributed by atoms with E-state index in [4.69, 9.17) is 9.47 Å². The van der Waals surface area contributed by atoms with Crippen LogP contribution in [0.5, 0.6) is 11.5 Å². The minimum atomic E-state index is 0.0430. The van der Waals surface area contributed by atoms with Crippen molar-refractivity contribution in [3.8, 4) is 11.5 Å². The van der Waals surface area contributed by atoms with Gasteiger partial charge < -0.3 is 19.7 Å². The van der Waals surface area contributed by atoms with Crippen molar-refractivity contribution in [1.29, 1.82) is 0 Å². The normalized spacial score (nSPS) is 15.7. The Bertz CT molecular complexity index is 497. The molecule has 5 heteroatoms. The van der Waals surface area contributed by atoms with E-state index in [0.717, 1.165) is 39.0 Å². The Hall–Kier alpha value is -1.75. The molecular weight excluding hydrogens is 280 g/mol. The van der Waals surface area contributed by atoms with Crippen molar-refractivity contribution in [3.05, 3.63) is 23.8 Å². The second-order valence-electron chi connectivity index (χ2n) is 5.61. The largest absolute Gasteiger partial charge is 0.497 e. The molecule has 1 fully saturated rings. The number of nitrogens with one attached hydrogen (secondary N) is 1. The predicted molar refractivity (Wildman–Crippen MR) is 86.7 cm³/mol. The first kappa shape index (κ1) is 16.6. The van der Waals surface area contributed by atoms with Crippen LogP contribution < -0.4 is 14.8 Å². The van der Waals surface area contributed by atoms with Crippen LogP contribution in [-0.4, -0.2) is 51.2 Å². The Balaban J connectivity index is 2.00. The number of benzene rings is 1. The van der Waals surface area contributed by atoms with Crippen LogP contribution in [0, 0.1) is 5.92 Å². The number of rotatable bonds is 6. The van der Waals surface area contributed by atoms with Gasteiger partial charge in [-0.25, -0.2) is 0 Å². The standard InChI is InChI=1S/C17H26N2O3/c1-4-18-12-13-7-9-19(10-8-13)17(20)15-6-5-14(21-2)11-16(15)22-3/h5-6,11,13,18H,4,7-10,12H2,1-3H3. The van der Waals surface area contributed by atoms with Crippen LogP contribution in [0.25, 0.3) is 0 Å². The fraction of sp³-hybridized carbons (Fsp3) is 0.588. The maximum Gasteiger partial charge on any atom is 0.257 e. The fourth-order valence-electron chi connectivity index (χ4n) is 2.83. The van der Waals surface area contributed by atoms with Crippen LogP contribution in [0.4, 0.5) is 0 Å². The third-order valence-corrected chi connectivity index (χ3v) is 4.22. The molecule has 1 aromatic carbocycles. The van der Waals surface area contributed by atoms with E-state index in [-0.39, 0.29) is 5.91 Å². The van der Waals surface area contributed by atoms with E-state index in [2.05, 4.69) is 12.2 Å². The molecule has 0 aromatic heterocycles. The van der Waals surface area contributed by atoms with E-state index in [1.54, 1.807) is 32.4 Å². The predicted octanol–water partition coefficient (Wildman–Crippen LogP) is 2.17. The van der Waals surface area contributed by atoms with Gasteiger partial charge in [0.05, 0.1) is 19.8 Å². The topological polar surface area (TPSA) is 50.8 Å². The minimum Gasteiger partial charge on any atom is -0.497 e. The molecule has 0 bridgehead atoms. The lowest BCUT2D eigenvalue weighted by Crippen LogP contribution is -2.40. The van der Waals surface area contributed by atoms with Gasteiger partial charge in [-0.1, -0.05) is 6.92 Å². The molecule has 1 aliphatic heterocycles. The first-order valence-electron chi connectivity index (χ1n) is 7.91. The number of amides is 1. The number of ether oxygens (including phenoxy) is 2. The summed E-state index contributed by atoms with van der Waals surface area (Å²) < 4.78 is 10.5. The van der Waals surface area contributed by atoms with Gasteiger partial charge in [0.25, 0.3) is 5.91 Å². The molecule has 1 amide bonds. The van der Waals surface area contributed by atoms with Crippen LogP contribution in [-0.2, 0) is 0 Å². The highest BCUT2D eigenvalue weighted by molar-refractivity contribution is 5.97. The van der Waals surface area contributed by atoms with Gasteiger partial charge in [-0.2, -0.15) is 0 Å². The van der Waals surface area contributed by atoms with Gasteiger partial charge in [-0.3, -0.25) is 4.79 Å².